The Hall–Kier alpha value is -0.853. The molecule has 0 aromatic heterocycles. The molecule has 1 rings (SSSR count). The Morgan fingerprint density at radius 1 is 1.55 bits per heavy atom. The third kappa shape index (κ3) is 3.42. The van der Waals surface area contributed by atoms with Crippen LogP contribution in [0, 0.1) is 0 Å². The summed E-state index contributed by atoms with van der Waals surface area (Å²) >= 11 is 0. The summed E-state index contributed by atoms with van der Waals surface area (Å²) in [6.45, 7) is 14.5. The molecule has 2 N–H and O–H groups in total. The van der Waals surface area contributed by atoms with Gasteiger partial charge in [0, 0.05) is 0 Å². The zero-order chi connectivity index (χ0) is 15.8. The number of hydrogen-bond donors (Lipinski definition) is 2. The molecule has 1 saturated heterocycles. The molecule has 0 bridgehead atoms. The van der Waals surface area contributed by atoms with Gasteiger partial charge in [0.05, 0.1) is 19.2 Å². The minimum atomic E-state index is -2.07. The Bertz CT molecular complexity index is 391. The third-order valence-corrected chi connectivity index (χ3v) is 8.95. The van der Waals surface area contributed by atoms with E-state index in [1.165, 1.54) is 4.90 Å². The minimum absolute atomic E-state index is 0.0126. The maximum absolute atomic E-state index is 11.1. The lowest BCUT2D eigenvalue weighted by atomic mass is 9.96. The Balaban J connectivity index is 2.96. The van der Waals surface area contributed by atoms with Crippen LogP contribution < -0.4 is 0 Å². The van der Waals surface area contributed by atoms with Crippen molar-refractivity contribution >= 4 is 14.4 Å². The Morgan fingerprint density at radius 2 is 2.10 bits per heavy atom. The second-order valence-corrected chi connectivity index (χ2v) is 11.9. The first-order valence-electron chi connectivity index (χ1n) is 6.92. The van der Waals surface area contributed by atoms with Gasteiger partial charge >= 0.3 is 6.09 Å². The number of rotatable bonds is 4. The normalized spacial score (nSPS) is 27.7. The van der Waals surface area contributed by atoms with E-state index in [1.54, 1.807) is 6.08 Å². The van der Waals surface area contributed by atoms with Gasteiger partial charge in [-0.1, -0.05) is 26.8 Å². The van der Waals surface area contributed by atoms with E-state index in [0.717, 1.165) is 0 Å². The largest absolute Gasteiger partial charge is 0.465 e. The van der Waals surface area contributed by atoms with Crippen LogP contribution in [-0.4, -0.2) is 54.3 Å². The number of carbonyl (C=O) groups is 1. The van der Waals surface area contributed by atoms with Crippen molar-refractivity contribution in [2.45, 2.75) is 57.0 Å². The molecule has 0 aromatic rings. The number of β-amino-alcohol motifs (C(OH)–C–C–N with tert-alkyl or cyclic N) is 1. The van der Waals surface area contributed by atoms with Crippen LogP contribution in [0.4, 0.5) is 4.79 Å². The summed E-state index contributed by atoms with van der Waals surface area (Å²) in [5.74, 6) is 0. The lowest BCUT2D eigenvalue weighted by Gasteiger charge is -2.41. The number of carboxylic acid groups (broad SMARTS) is 1. The van der Waals surface area contributed by atoms with Crippen LogP contribution in [-0.2, 0) is 4.43 Å². The molecule has 1 aliphatic rings. The second kappa shape index (κ2) is 5.50. The summed E-state index contributed by atoms with van der Waals surface area (Å²) in [7, 11) is -2.07. The molecular weight excluding hydrogens is 274 g/mol. The van der Waals surface area contributed by atoms with Crippen molar-refractivity contribution in [1.82, 2.24) is 4.90 Å². The lowest BCUT2D eigenvalue weighted by Crippen LogP contribution is -2.51. The molecule has 6 heteroatoms. The summed E-state index contributed by atoms with van der Waals surface area (Å²) in [6, 6.07) is 0. The van der Waals surface area contributed by atoms with Crippen LogP contribution >= 0.6 is 0 Å². The van der Waals surface area contributed by atoms with E-state index >= 15 is 0 Å². The predicted molar refractivity (Wildman–Crippen MR) is 81.4 cm³/mol. The Morgan fingerprint density at radius 3 is 2.50 bits per heavy atom. The smallest absolute Gasteiger partial charge is 0.407 e. The monoisotopic (exact) mass is 301 g/mol. The first-order chi connectivity index (χ1) is 8.93. The molecule has 5 nitrogen and oxygen atoms in total. The molecule has 1 fully saturated rings. The Kier molecular flexibility index (Phi) is 4.73. The van der Waals surface area contributed by atoms with E-state index in [0.29, 0.717) is 6.42 Å². The van der Waals surface area contributed by atoms with E-state index in [2.05, 4.69) is 40.4 Å². The van der Waals surface area contributed by atoms with E-state index in [1.807, 2.05) is 0 Å². The van der Waals surface area contributed by atoms with Crippen molar-refractivity contribution in [3.63, 3.8) is 0 Å². The number of nitrogens with zero attached hydrogens (tertiary/aromatic N) is 1. The highest BCUT2D eigenvalue weighted by atomic mass is 28.4. The minimum Gasteiger partial charge on any atom is -0.465 e. The summed E-state index contributed by atoms with van der Waals surface area (Å²) < 4.78 is 6.25. The van der Waals surface area contributed by atoms with Gasteiger partial charge < -0.3 is 19.5 Å². The van der Waals surface area contributed by atoms with Crippen LogP contribution in [0.1, 0.15) is 27.2 Å². The zero-order valence-corrected chi connectivity index (χ0v) is 14.1. The Labute approximate surface area is 122 Å². The van der Waals surface area contributed by atoms with E-state index in [4.69, 9.17) is 9.53 Å². The molecule has 1 aliphatic heterocycles. The summed E-state index contributed by atoms with van der Waals surface area (Å²) in [4.78, 5) is 12.4. The van der Waals surface area contributed by atoms with E-state index in [9.17, 15) is 9.90 Å². The highest BCUT2D eigenvalue weighted by Crippen LogP contribution is 2.40. The van der Waals surface area contributed by atoms with Crippen molar-refractivity contribution in [3.8, 4) is 0 Å². The van der Waals surface area contributed by atoms with Crippen LogP contribution in [0.5, 0.6) is 0 Å². The fraction of sp³-hybridized carbons (Fsp3) is 0.786. The molecule has 116 valence electrons. The molecule has 0 spiro atoms. The molecule has 0 aromatic carbocycles. The molecule has 0 unspecified atom stereocenters. The van der Waals surface area contributed by atoms with Gasteiger partial charge in [-0.3, -0.25) is 0 Å². The van der Waals surface area contributed by atoms with E-state index in [-0.39, 0.29) is 18.1 Å². The molecule has 0 aliphatic carbocycles. The standard InChI is InChI=1S/C14H27NO4Si/c1-7-8-14(18)10-15(12(16)17)9-11(14)19-20(5,6)13(2,3)4/h7,11,18H,1,8-10H2,2-6H3,(H,16,17)/t11-,14+/m0/s1. The zero-order valence-electron chi connectivity index (χ0n) is 13.1. The third-order valence-electron chi connectivity index (χ3n) is 4.46. The predicted octanol–water partition coefficient (Wildman–Crippen LogP) is 2.68. The van der Waals surface area contributed by atoms with Crippen LogP contribution in [0.15, 0.2) is 12.7 Å². The van der Waals surface area contributed by atoms with Crippen molar-refractivity contribution in [3.05, 3.63) is 12.7 Å². The molecule has 1 amide bonds. The molecule has 2 atom stereocenters. The highest BCUT2D eigenvalue weighted by Gasteiger charge is 2.51. The lowest BCUT2D eigenvalue weighted by molar-refractivity contribution is -0.0313. The van der Waals surface area contributed by atoms with Gasteiger partial charge in [0.1, 0.15) is 5.60 Å². The fourth-order valence-corrected chi connectivity index (χ4v) is 3.50. The molecule has 0 radical (unpaired) electrons. The first-order valence-corrected chi connectivity index (χ1v) is 9.83. The van der Waals surface area contributed by atoms with Crippen molar-refractivity contribution < 1.29 is 19.4 Å². The van der Waals surface area contributed by atoms with Gasteiger partial charge in [0.25, 0.3) is 0 Å². The molecule has 0 saturated carbocycles. The molecular formula is C14H27NO4Si. The summed E-state index contributed by atoms with van der Waals surface area (Å²) in [5.41, 5.74) is -1.17. The van der Waals surface area contributed by atoms with Crippen LogP contribution in [0.3, 0.4) is 0 Å². The van der Waals surface area contributed by atoms with Gasteiger partial charge in [-0.05, 0) is 24.6 Å². The number of aliphatic hydroxyl groups is 1. The maximum atomic E-state index is 11.1. The average molecular weight is 301 g/mol. The summed E-state index contributed by atoms with van der Waals surface area (Å²) in [5, 5.41) is 19.9. The SMILES string of the molecule is C=CC[C@@]1(O)CN(C(=O)O)C[C@@H]1O[Si](C)(C)C(C)(C)C. The summed E-state index contributed by atoms with van der Waals surface area (Å²) in [6.07, 6.45) is 0.440. The maximum Gasteiger partial charge on any atom is 0.407 e. The second-order valence-electron chi connectivity index (χ2n) is 7.13. The average Bonchev–Trinajstić information content (AvgIpc) is 2.54. The van der Waals surface area contributed by atoms with Gasteiger partial charge in [0.2, 0.25) is 0 Å². The van der Waals surface area contributed by atoms with Gasteiger partial charge in [-0.15, -0.1) is 6.58 Å². The van der Waals surface area contributed by atoms with Gasteiger partial charge in [-0.2, -0.15) is 0 Å². The highest BCUT2D eigenvalue weighted by molar-refractivity contribution is 6.74. The van der Waals surface area contributed by atoms with E-state index < -0.39 is 26.1 Å². The molecule has 20 heavy (non-hydrogen) atoms. The topological polar surface area (TPSA) is 70.0 Å². The number of likely N-dealkylation sites (tertiary alicyclic amines) is 1. The van der Waals surface area contributed by atoms with Crippen molar-refractivity contribution in [2.24, 2.45) is 0 Å². The number of hydrogen-bond acceptors (Lipinski definition) is 3. The fourth-order valence-electron chi connectivity index (χ4n) is 2.14. The number of amides is 1. The quantitative estimate of drug-likeness (QED) is 0.619. The van der Waals surface area contributed by atoms with Gasteiger partial charge in [-0.25, -0.2) is 4.79 Å². The molecule has 1 heterocycles. The van der Waals surface area contributed by atoms with Crippen LogP contribution in [0.2, 0.25) is 18.1 Å². The van der Waals surface area contributed by atoms with Crippen molar-refractivity contribution in [1.29, 1.82) is 0 Å². The van der Waals surface area contributed by atoms with Crippen molar-refractivity contribution in [2.75, 3.05) is 13.1 Å². The first kappa shape index (κ1) is 17.2. The van der Waals surface area contributed by atoms with Crippen LogP contribution in [0.25, 0.3) is 0 Å². The van der Waals surface area contributed by atoms with Gasteiger partial charge in [0.15, 0.2) is 8.32 Å².